The first-order chi connectivity index (χ1) is 15.0. The molecule has 1 spiro atoms. The number of hydrogen-bond acceptors (Lipinski definition) is 3. The van der Waals surface area contributed by atoms with Gasteiger partial charge in [0.25, 0.3) is 0 Å². The van der Waals surface area contributed by atoms with Crippen LogP contribution in [0.4, 0.5) is 9.18 Å². The van der Waals surface area contributed by atoms with Crippen molar-refractivity contribution >= 4 is 12.0 Å². The summed E-state index contributed by atoms with van der Waals surface area (Å²) in [4.78, 5) is 26.0. The lowest BCUT2D eigenvalue weighted by atomic mass is 9.74. The summed E-state index contributed by atoms with van der Waals surface area (Å²) in [6.45, 7) is 1.30. The zero-order valence-corrected chi connectivity index (χ0v) is 17.4. The van der Waals surface area contributed by atoms with E-state index in [1.807, 2.05) is 0 Å². The molecule has 0 bridgehead atoms. The van der Waals surface area contributed by atoms with Crippen LogP contribution in [0.5, 0.6) is 0 Å². The third-order valence-corrected chi connectivity index (χ3v) is 6.56. The first-order valence-electron chi connectivity index (χ1n) is 10.7. The number of ether oxygens (including phenoxy) is 1. The summed E-state index contributed by atoms with van der Waals surface area (Å²) in [5.74, 6) is -0.597. The Bertz CT molecular complexity index is 939. The van der Waals surface area contributed by atoms with Gasteiger partial charge in [-0.25, -0.2) is 9.18 Å². The minimum atomic E-state index is -1.26. The number of nitrogens with one attached hydrogen (secondary N) is 1. The Hall–Kier alpha value is -2.93. The molecule has 2 aliphatic rings. The van der Waals surface area contributed by atoms with Gasteiger partial charge in [0.1, 0.15) is 11.9 Å². The lowest BCUT2D eigenvalue weighted by molar-refractivity contribution is -0.136. The van der Waals surface area contributed by atoms with Gasteiger partial charge in [0.2, 0.25) is 5.91 Å². The van der Waals surface area contributed by atoms with Crippen LogP contribution in [-0.4, -0.2) is 47.7 Å². The van der Waals surface area contributed by atoms with E-state index in [1.54, 1.807) is 17.0 Å². The smallest absolute Gasteiger partial charge is 0.405 e. The van der Waals surface area contributed by atoms with Gasteiger partial charge in [0, 0.05) is 13.1 Å². The Morgan fingerprint density at radius 3 is 2.52 bits per heavy atom. The van der Waals surface area contributed by atoms with Crippen LogP contribution in [0.2, 0.25) is 0 Å². The summed E-state index contributed by atoms with van der Waals surface area (Å²) < 4.78 is 18.6. The number of carbonyl (C=O) groups is 2. The van der Waals surface area contributed by atoms with Crippen molar-refractivity contribution in [3.8, 4) is 0 Å². The van der Waals surface area contributed by atoms with Crippen LogP contribution in [-0.2, 0) is 28.0 Å². The number of rotatable bonds is 6. The SMILES string of the molecule is O=C(O)N[C@H](COCc1ccc(F)cc1)C(=O)N1CCC2(CCc3ccccc32)CC1. The molecule has 1 aliphatic carbocycles. The maximum Gasteiger partial charge on any atom is 0.405 e. The Kier molecular flexibility index (Phi) is 6.23. The van der Waals surface area contributed by atoms with Crippen LogP contribution in [0.25, 0.3) is 0 Å². The number of nitrogens with zero attached hydrogens (tertiary/aromatic N) is 1. The van der Waals surface area contributed by atoms with E-state index in [0.29, 0.717) is 13.1 Å². The lowest BCUT2D eigenvalue weighted by Gasteiger charge is -2.41. The average molecular weight is 426 g/mol. The maximum absolute atomic E-state index is 13.0. The van der Waals surface area contributed by atoms with Gasteiger partial charge in [-0.1, -0.05) is 36.4 Å². The van der Waals surface area contributed by atoms with Gasteiger partial charge in [-0.15, -0.1) is 0 Å². The van der Waals surface area contributed by atoms with Crippen LogP contribution < -0.4 is 5.32 Å². The van der Waals surface area contributed by atoms with Crippen LogP contribution >= 0.6 is 0 Å². The fraction of sp³-hybridized carbons (Fsp3) is 0.417. The van der Waals surface area contributed by atoms with Gasteiger partial charge in [-0.2, -0.15) is 0 Å². The normalized spacial score (nSPS) is 17.9. The second-order valence-corrected chi connectivity index (χ2v) is 8.41. The molecule has 1 fully saturated rings. The standard InChI is InChI=1S/C24H27FN2O4/c25-19-7-5-17(6-8-19)15-31-16-21(26-23(29)30)22(28)27-13-11-24(12-14-27)10-9-18-3-1-2-4-20(18)24/h1-8,21,26H,9-16H2,(H,29,30)/t21-/m1/s1. The molecular formula is C24H27FN2O4. The van der Waals surface area contributed by atoms with Crippen LogP contribution in [0.15, 0.2) is 48.5 Å². The number of hydrogen-bond donors (Lipinski definition) is 2. The third kappa shape index (κ3) is 4.71. The molecule has 1 atom stereocenters. The molecule has 4 rings (SSSR count). The molecule has 0 saturated carbocycles. The Morgan fingerprint density at radius 1 is 1.10 bits per heavy atom. The van der Waals surface area contributed by atoms with Crippen molar-refractivity contribution in [1.29, 1.82) is 0 Å². The molecule has 0 unspecified atom stereocenters. The van der Waals surface area contributed by atoms with Gasteiger partial charge in [-0.05, 0) is 59.9 Å². The third-order valence-electron chi connectivity index (χ3n) is 6.56. The molecule has 1 heterocycles. The molecule has 0 radical (unpaired) electrons. The van der Waals surface area contributed by atoms with Crippen LogP contribution in [0.3, 0.4) is 0 Å². The Labute approximate surface area is 181 Å². The van der Waals surface area contributed by atoms with Crippen molar-refractivity contribution in [3.63, 3.8) is 0 Å². The van der Waals surface area contributed by atoms with E-state index in [-0.39, 0.29) is 30.4 Å². The second-order valence-electron chi connectivity index (χ2n) is 8.41. The van der Waals surface area contributed by atoms with E-state index >= 15 is 0 Å². The molecule has 2 aromatic carbocycles. The maximum atomic E-state index is 13.0. The van der Waals surface area contributed by atoms with Crippen molar-refractivity contribution in [2.24, 2.45) is 0 Å². The average Bonchev–Trinajstić information content (AvgIpc) is 3.12. The van der Waals surface area contributed by atoms with Crippen LogP contribution in [0, 0.1) is 5.82 Å². The molecule has 2 amide bonds. The van der Waals surface area contributed by atoms with E-state index in [1.165, 1.54) is 23.3 Å². The molecular weight excluding hydrogens is 399 g/mol. The number of halogens is 1. The molecule has 2 aromatic rings. The van der Waals surface area contributed by atoms with E-state index in [0.717, 1.165) is 31.2 Å². The highest BCUT2D eigenvalue weighted by Crippen LogP contribution is 2.46. The second kappa shape index (κ2) is 9.06. The fourth-order valence-corrected chi connectivity index (χ4v) is 4.86. The molecule has 164 valence electrons. The first-order valence-corrected chi connectivity index (χ1v) is 10.7. The molecule has 31 heavy (non-hydrogen) atoms. The number of carboxylic acid groups (broad SMARTS) is 1. The predicted molar refractivity (Wildman–Crippen MR) is 113 cm³/mol. The zero-order chi connectivity index (χ0) is 21.8. The van der Waals surface area contributed by atoms with Gasteiger partial charge >= 0.3 is 6.09 Å². The zero-order valence-electron chi connectivity index (χ0n) is 17.4. The number of likely N-dealkylation sites (tertiary alicyclic amines) is 1. The molecule has 0 aromatic heterocycles. The topological polar surface area (TPSA) is 78.9 Å². The van der Waals surface area contributed by atoms with E-state index < -0.39 is 12.1 Å². The minimum absolute atomic E-state index is 0.0764. The van der Waals surface area contributed by atoms with Crippen molar-refractivity contribution in [3.05, 3.63) is 71.0 Å². The first kappa shape index (κ1) is 21.3. The number of amides is 2. The summed E-state index contributed by atoms with van der Waals surface area (Å²) in [6.07, 6.45) is 2.68. The summed E-state index contributed by atoms with van der Waals surface area (Å²) in [5.41, 5.74) is 3.69. The predicted octanol–water partition coefficient (Wildman–Crippen LogP) is 3.49. The van der Waals surface area contributed by atoms with Gasteiger partial charge in [0.15, 0.2) is 0 Å². The highest BCUT2D eigenvalue weighted by Gasteiger charge is 2.42. The largest absolute Gasteiger partial charge is 0.465 e. The lowest BCUT2D eigenvalue weighted by Crippen LogP contribution is -2.54. The Balaban J connectivity index is 1.35. The number of piperidine rings is 1. The monoisotopic (exact) mass is 426 g/mol. The summed E-state index contributed by atoms with van der Waals surface area (Å²) in [5, 5.41) is 11.5. The molecule has 1 aliphatic heterocycles. The Morgan fingerprint density at radius 2 is 1.81 bits per heavy atom. The summed E-state index contributed by atoms with van der Waals surface area (Å²) in [7, 11) is 0. The molecule has 6 nitrogen and oxygen atoms in total. The number of fused-ring (bicyclic) bond motifs is 2. The van der Waals surface area contributed by atoms with Gasteiger partial charge < -0.3 is 20.1 Å². The van der Waals surface area contributed by atoms with Crippen molar-refractivity contribution in [2.45, 2.75) is 43.7 Å². The quantitative estimate of drug-likeness (QED) is 0.741. The molecule has 1 saturated heterocycles. The molecule has 2 N–H and O–H groups in total. The number of carbonyl (C=O) groups excluding carboxylic acids is 1. The van der Waals surface area contributed by atoms with Crippen molar-refractivity contribution in [1.82, 2.24) is 10.2 Å². The van der Waals surface area contributed by atoms with Gasteiger partial charge in [-0.3, -0.25) is 4.79 Å². The van der Waals surface area contributed by atoms with Crippen molar-refractivity contribution in [2.75, 3.05) is 19.7 Å². The highest BCUT2D eigenvalue weighted by molar-refractivity contribution is 5.85. The summed E-state index contributed by atoms with van der Waals surface area (Å²) in [6, 6.07) is 13.4. The number of aryl methyl sites for hydroxylation is 1. The van der Waals surface area contributed by atoms with Crippen LogP contribution in [0.1, 0.15) is 36.0 Å². The van der Waals surface area contributed by atoms with Gasteiger partial charge in [0.05, 0.1) is 13.2 Å². The number of benzene rings is 2. The summed E-state index contributed by atoms with van der Waals surface area (Å²) >= 11 is 0. The minimum Gasteiger partial charge on any atom is -0.465 e. The van der Waals surface area contributed by atoms with E-state index in [9.17, 15) is 19.1 Å². The fourth-order valence-electron chi connectivity index (χ4n) is 4.86. The molecule has 7 heteroatoms. The highest BCUT2D eigenvalue weighted by atomic mass is 19.1. The van der Waals surface area contributed by atoms with E-state index in [4.69, 9.17) is 4.74 Å². The van der Waals surface area contributed by atoms with E-state index in [2.05, 4.69) is 29.6 Å². The van der Waals surface area contributed by atoms with Crippen molar-refractivity contribution < 1.29 is 23.8 Å².